The number of amides is 2. The average molecular weight is 484 g/mol. The number of aromatic nitrogens is 3. The zero-order valence-electron chi connectivity index (χ0n) is 20.1. The zero-order chi connectivity index (χ0) is 24.9. The number of urea groups is 1. The number of methoxy groups -OCH3 is 1. The molecule has 1 aliphatic carbocycles. The SMILES string of the molecule is COc1ccc(-c2nn(CCNC(=O)NC(c3ccccc3)c3ccccc3)c(=O)n2C2CC2)cc1. The summed E-state index contributed by atoms with van der Waals surface area (Å²) < 4.78 is 8.44. The monoisotopic (exact) mass is 483 g/mol. The van der Waals surface area contributed by atoms with E-state index in [0.717, 1.165) is 35.3 Å². The lowest BCUT2D eigenvalue weighted by Crippen LogP contribution is -2.40. The Labute approximate surface area is 209 Å². The molecule has 0 saturated heterocycles. The van der Waals surface area contributed by atoms with Crippen LogP contribution in [0.3, 0.4) is 0 Å². The lowest BCUT2D eigenvalue weighted by atomic mass is 9.99. The van der Waals surface area contributed by atoms with E-state index < -0.39 is 0 Å². The highest BCUT2D eigenvalue weighted by molar-refractivity contribution is 5.75. The van der Waals surface area contributed by atoms with Gasteiger partial charge in [0.05, 0.1) is 19.7 Å². The highest BCUT2D eigenvalue weighted by Crippen LogP contribution is 2.36. The van der Waals surface area contributed by atoms with Crippen LogP contribution in [0.5, 0.6) is 5.75 Å². The minimum atomic E-state index is -0.308. The number of carbonyl (C=O) groups is 1. The Morgan fingerprint density at radius 3 is 2.14 bits per heavy atom. The van der Waals surface area contributed by atoms with E-state index in [2.05, 4.69) is 15.7 Å². The van der Waals surface area contributed by atoms with Gasteiger partial charge in [-0.3, -0.25) is 4.57 Å². The highest BCUT2D eigenvalue weighted by atomic mass is 16.5. The van der Waals surface area contributed by atoms with Gasteiger partial charge in [-0.15, -0.1) is 5.10 Å². The summed E-state index contributed by atoms with van der Waals surface area (Å²) in [5.74, 6) is 1.39. The van der Waals surface area contributed by atoms with Gasteiger partial charge in [0.2, 0.25) is 0 Å². The van der Waals surface area contributed by atoms with E-state index >= 15 is 0 Å². The van der Waals surface area contributed by atoms with Crippen molar-refractivity contribution >= 4 is 6.03 Å². The molecule has 0 unspecified atom stereocenters. The molecule has 0 atom stereocenters. The molecular formula is C28H29N5O3. The molecule has 0 radical (unpaired) electrons. The molecule has 8 heteroatoms. The largest absolute Gasteiger partial charge is 0.497 e. The Bertz CT molecular complexity index is 1320. The summed E-state index contributed by atoms with van der Waals surface area (Å²) >= 11 is 0. The number of nitrogens with zero attached hydrogens (tertiary/aromatic N) is 3. The van der Waals surface area contributed by atoms with E-state index in [1.807, 2.05) is 84.9 Å². The number of carbonyl (C=O) groups excluding carboxylic acids is 1. The van der Waals surface area contributed by atoms with Crippen LogP contribution >= 0.6 is 0 Å². The van der Waals surface area contributed by atoms with Gasteiger partial charge in [-0.25, -0.2) is 14.3 Å². The van der Waals surface area contributed by atoms with Crippen molar-refractivity contribution in [1.29, 1.82) is 0 Å². The first-order chi connectivity index (χ1) is 17.6. The first kappa shape index (κ1) is 23.4. The van der Waals surface area contributed by atoms with Crippen molar-refractivity contribution in [3.8, 4) is 17.1 Å². The van der Waals surface area contributed by atoms with Crippen molar-refractivity contribution in [3.05, 3.63) is 107 Å². The lowest BCUT2D eigenvalue weighted by molar-refractivity contribution is 0.238. The first-order valence-corrected chi connectivity index (χ1v) is 12.1. The predicted octanol–water partition coefficient (Wildman–Crippen LogP) is 4.14. The Kier molecular flexibility index (Phi) is 6.84. The molecule has 0 bridgehead atoms. The normalized spacial score (nSPS) is 12.9. The van der Waals surface area contributed by atoms with E-state index in [1.54, 1.807) is 11.7 Å². The van der Waals surface area contributed by atoms with Crippen LogP contribution in [0.1, 0.15) is 36.1 Å². The Morgan fingerprint density at radius 1 is 0.972 bits per heavy atom. The summed E-state index contributed by atoms with van der Waals surface area (Å²) in [6.45, 7) is 0.544. The fourth-order valence-electron chi connectivity index (χ4n) is 4.27. The summed E-state index contributed by atoms with van der Waals surface area (Å²) in [6.07, 6.45) is 1.94. The van der Waals surface area contributed by atoms with Gasteiger partial charge in [0.25, 0.3) is 0 Å². The van der Waals surface area contributed by atoms with Crippen LogP contribution in [0.15, 0.2) is 89.7 Å². The molecule has 1 heterocycles. The second kappa shape index (κ2) is 10.5. The smallest absolute Gasteiger partial charge is 0.346 e. The molecule has 2 N–H and O–H groups in total. The summed E-state index contributed by atoms with van der Waals surface area (Å²) in [7, 11) is 1.62. The third kappa shape index (κ3) is 5.17. The van der Waals surface area contributed by atoms with Gasteiger partial charge >= 0.3 is 11.7 Å². The Morgan fingerprint density at radius 2 is 1.58 bits per heavy atom. The molecule has 0 aliphatic heterocycles. The molecule has 1 aliphatic rings. The number of hydrogen-bond acceptors (Lipinski definition) is 4. The van der Waals surface area contributed by atoms with Crippen LogP contribution in [-0.2, 0) is 6.54 Å². The second-order valence-electron chi connectivity index (χ2n) is 8.81. The van der Waals surface area contributed by atoms with E-state index in [-0.39, 0.29) is 36.9 Å². The second-order valence-corrected chi connectivity index (χ2v) is 8.81. The van der Waals surface area contributed by atoms with Gasteiger partial charge in [0.1, 0.15) is 5.75 Å². The van der Waals surface area contributed by atoms with E-state index in [4.69, 9.17) is 4.74 Å². The summed E-state index contributed by atoms with van der Waals surface area (Å²) in [6, 6.07) is 26.8. The molecule has 184 valence electrons. The van der Waals surface area contributed by atoms with Gasteiger partial charge in [-0.05, 0) is 48.2 Å². The Balaban J connectivity index is 1.27. The molecule has 36 heavy (non-hydrogen) atoms. The van der Waals surface area contributed by atoms with Crippen LogP contribution in [-0.4, -0.2) is 34.0 Å². The summed E-state index contributed by atoms with van der Waals surface area (Å²) in [5.41, 5.74) is 2.68. The fraction of sp³-hybridized carbons (Fsp3) is 0.250. The van der Waals surface area contributed by atoms with Gasteiger partial charge < -0.3 is 15.4 Å². The molecule has 0 spiro atoms. The van der Waals surface area contributed by atoms with Crippen molar-refractivity contribution in [2.24, 2.45) is 0 Å². The third-order valence-electron chi connectivity index (χ3n) is 6.28. The maximum Gasteiger partial charge on any atom is 0.346 e. The standard InChI is InChI=1S/C28H29N5O3/c1-36-24-16-12-22(13-17-24)26-31-32(28(35)33(26)23-14-15-23)19-18-29-27(34)30-25(20-8-4-2-5-9-20)21-10-6-3-7-11-21/h2-13,16-17,23,25H,14-15,18-19H2,1H3,(H2,29,30,34). The zero-order valence-corrected chi connectivity index (χ0v) is 20.1. The minimum absolute atomic E-state index is 0.156. The number of rotatable bonds is 9. The first-order valence-electron chi connectivity index (χ1n) is 12.1. The van der Waals surface area contributed by atoms with Gasteiger partial charge in [0.15, 0.2) is 5.82 Å². The average Bonchev–Trinajstić information content (AvgIpc) is 3.71. The van der Waals surface area contributed by atoms with Gasteiger partial charge in [-0.2, -0.15) is 0 Å². The van der Waals surface area contributed by atoms with Crippen LogP contribution in [0.4, 0.5) is 4.79 Å². The van der Waals surface area contributed by atoms with E-state index in [1.165, 1.54) is 4.68 Å². The van der Waals surface area contributed by atoms with Crippen molar-refractivity contribution in [2.75, 3.05) is 13.7 Å². The lowest BCUT2D eigenvalue weighted by Gasteiger charge is -2.20. The number of ether oxygens (including phenoxy) is 1. The van der Waals surface area contributed by atoms with Crippen molar-refractivity contribution in [1.82, 2.24) is 25.0 Å². The van der Waals surface area contributed by atoms with E-state index in [0.29, 0.717) is 5.82 Å². The van der Waals surface area contributed by atoms with Gasteiger partial charge in [-0.1, -0.05) is 60.7 Å². The third-order valence-corrected chi connectivity index (χ3v) is 6.28. The highest BCUT2D eigenvalue weighted by Gasteiger charge is 2.30. The maximum absolute atomic E-state index is 13.1. The molecule has 5 rings (SSSR count). The summed E-state index contributed by atoms with van der Waals surface area (Å²) in [4.78, 5) is 25.9. The molecule has 2 amide bonds. The molecule has 1 aromatic heterocycles. The molecule has 4 aromatic rings. The van der Waals surface area contributed by atoms with E-state index in [9.17, 15) is 9.59 Å². The topological polar surface area (TPSA) is 90.2 Å². The quantitative estimate of drug-likeness (QED) is 0.374. The number of hydrogen-bond donors (Lipinski definition) is 2. The maximum atomic E-state index is 13.1. The Hall–Kier alpha value is -4.33. The van der Waals surface area contributed by atoms with Crippen LogP contribution in [0.2, 0.25) is 0 Å². The van der Waals surface area contributed by atoms with Crippen molar-refractivity contribution < 1.29 is 9.53 Å². The molecular weight excluding hydrogens is 454 g/mol. The molecule has 8 nitrogen and oxygen atoms in total. The number of nitrogens with one attached hydrogen (secondary N) is 2. The molecule has 1 saturated carbocycles. The van der Waals surface area contributed by atoms with Crippen molar-refractivity contribution in [3.63, 3.8) is 0 Å². The van der Waals surface area contributed by atoms with Crippen molar-refractivity contribution in [2.45, 2.75) is 31.5 Å². The van der Waals surface area contributed by atoms with Crippen LogP contribution < -0.4 is 21.1 Å². The van der Waals surface area contributed by atoms with Gasteiger partial charge in [0, 0.05) is 18.2 Å². The fourth-order valence-corrected chi connectivity index (χ4v) is 4.27. The molecule has 3 aromatic carbocycles. The number of benzene rings is 3. The molecule has 1 fully saturated rings. The predicted molar refractivity (Wildman–Crippen MR) is 138 cm³/mol. The van der Waals surface area contributed by atoms with Crippen LogP contribution in [0, 0.1) is 0 Å². The minimum Gasteiger partial charge on any atom is -0.497 e. The van der Waals surface area contributed by atoms with Crippen LogP contribution in [0.25, 0.3) is 11.4 Å². The summed E-state index contributed by atoms with van der Waals surface area (Å²) in [5, 5.41) is 10.5.